The molecule has 1 aromatic heterocycles. The van der Waals surface area contributed by atoms with Gasteiger partial charge in [0.15, 0.2) is 0 Å². The van der Waals surface area contributed by atoms with Crippen molar-refractivity contribution in [3.63, 3.8) is 0 Å². The minimum atomic E-state index is 1.15. The Kier molecular flexibility index (Phi) is 8.77. The Hall–Kier alpha value is -6.44. The van der Waals surface area contributed by atoms with Gasteiger partial charge in [0.1, 0.15) is 0 Å². The molecule has 0 unspecified atom stereocenters. The minimum Gasteiger partial charge on any atom is -0.309 e. The van der Waals surface area contributed by atoms with Crippen LogP contribution in [0.15, 0.2) is 188 Å². The summed E-state index contributed by atoms with van der Waals surface area (Å²) in [5.74, 6) is 0. The standard InChI is InChI=1S/C46H35N.C7H8/c1-30-11-3-5-13-37(30)38-25-23-34(27-31(38)2)32-19-21-33(22-20-32)35-24-26-43-42-17-9-10-18-44(42)47(45(43)28-35)46-29-36-12-4-6-14-39(36)40-15-7-8-16-41(40)46;1-7-5-3-2-4-6-7/h4-10,12-29H,3,11H2,1-2H3;2-6H,1H3. The molecule has 0 atom stereocenters. The number of aromatic nitrogens is 1. The third-order valence-corrected chi connectivity index (χ3v) is 11.1. The SMILES string of the molecule is CC1=C(c2ccc(-c3ccc(-c4ccc5c6ccccc6n(-c6cc7ccccc7c7ccccc67)c5c4)cc3)cc2C)C=CCC1.Cc1ccccc1. The highest BCUT2D eigenvalue weighted by Gasteiger charge is 2.17. The first-order valence-corrected chi connectivity index (χ1v) is 19.1. The first-order chi connectivity index (χ1) is 26.5. The maximum Gasteiger partial charge on any atom is 0.0547 e. The average Bonchev–Trinajstić information content (AvgIpc) is 3.55. The summed E-state index contributed by atoms with van der Waals surface area (Å²) in [5, 5.41) is 7.63. The number of para-hydroxylation sites is 1. The fraction of sp³-hybridized carbons (Fsp3) is 0.0943. The Labute approximate surface area is 318 Å². The molecule has 8 aromatic carbocycles. The number of aryl methyl sites for hydroxylation is 2. The fourth-order valence-electron chi connectivity index (χ4n) is 8.26. The topological polar surface area (TPSA) is 4.93 Å². The van der Waals surface area contributed by atoms with E-state index in [1.165, 1.54) is 99.1 Å². The molecule has 0 spiro atoms. The van der Waals surface area contributed by atoms with Crippen LogP contribution >= 0.6 is 0 Å². The number of benzene rings is 8. The van der Waals surface area contributed by atoms with Gasteiger partial charge in [-0.15, -0.1) is 0 Å². The molecule has 0 fully saturated rings. The van der Waals surface area contributed by atoms with Gasteiger partial charge in [-0.05, 0) is 107 Å². The summed E-state index contributed by atoms with van der Waals surface area (Å²) >= 11 is 0. The molecule has 0 radical (unpaired) electrons. The Morgan fingerprint density at radius 1 is 0.444 bits per heavy atom. The van der Waals surface area contributed by atoms with Crippen LogP contribution in [0.1, 0.15) is 36.5 Å². The van der Waals surface area contributed by atoms with E-state index in [-0.39, 0.29) is 0 Å². The van der Waals surface area contributed by atoms with E-state index in [1.807, 2.05) is 18.2 Å². The summed E-state index contributed by atoms with van der Waals surface area (Å²) in [6.07, 6.45) is 6.90. The quantitative estimate of drug-likeness (QED) is 0.162. The summed E-state index contributed by atoms with van der Waals surface area (Å²) in [4.78, 5) is 0. The van der Waals surface area contributed by atoms with Crippen LogP contribution in [0.4, 0.5) is 0 Å². The van der Waals surface area contributed by atoms with Gasteiger partial charge in [-0.3, -0.25) is 0 Å². The number of rotatable bonds is 4. The summed E-state index contributed by atoms with van der Waals surface area (Å²) in [6, 6.07) is 61.9. The van der Waals surface area contributed by atoms with Crippen LogP contribution in [-0.2, 0) is 0 Å². The van der Waals surface area contributed by atoms with Crippen LogP contribution < -0.4 is 0 Å². The molecule has 260 valence electrons. The lowest BCUT2D eigenvalue weighted by Gasteiger charge is -2.16. The molecule has 1 heterocycles. The minimum absolute atomic E-state index is 1.15. The fourth-order valence-corrected chi connectivity index (χ4v) is 8.26. The van der Waals surface area contributed by atoms with Crippen molar-refractivity contribution < 1.29 is 0 Å². The zero-order valence-electron chi connectivity index (χ0n) is 31.2. The molecule has 0 aliphatic heterocycles. The van der Waals surface area contributed by atoms with Crippen molar-refractivity contribution in [2.45, 2.75) is 33.6 Å². The summed E-state index contributed by atoms with van der Waals surface area (Å²) in [6.45, 7) is 6.59. The van der Waals surface area contributed by atoms with E-state index in [0.29, 0.717) is 0 Å². The van der Waals surface area contributed by atoms with Crippen LogP contribution in [0, 0.1) is 13.8 Å². The third-order valence-electron chi connectivity index (χ3n) is 11.1. The smallest absolute Gasteiger partial charge is 0.0547 e. The first-order valence-electron chi connectivity index (χ1n) is 19.1. The Balaban J connectivity index is 0.000000496. The molecule has 1 aliphatic carbocycles. The van der Waals surface area contributed by atoms with Crippen LogP contribution in [0.2, 0.25) is 0 Å². The lowest BCUT2D eigenvalue weighted by molar-refractivity contribution is 0.967. The maximum absolute atomic E-state index is 2.47. The lowest BCUT2D eigenvalue weighted by atomic mass is 9.89. The molecule has 0 saturated carbocycles. The van der Waals surface area contributed by atoms with E-state index in [0.717, 1.165) is 12.8 Å². The summed E-state index contributed by atoms with van der Waals surface area (Å²) < 4.78 is 2.47. The van der Waals surface area contributed by atoms with E-state index in [9.17, 15) is 0 Å². The molecule has 0 N–H and O–H groups in total. The number of hydrogen-bond acceptors (Lipinski definition) is 0. The summed E-state index contributed by atoms with van der Waals surface area (Å²) in [7, 11) is 0. The molecule has 0 amide bonds. The third kappa shape index (κ3) is 6.12. The van der Waals surface area contributed by atoms with Crippen LogP contribution in [0.5, 0.6) is 0 Å². The Morgan fingerprint density at radius 2 is 1.04 bits per heavy atom. The van der Waals surface area contributed by atoms with Crippen molar-refractivity contribution >= 4 is 48.9 Å². The van der Waals surface area contributed by atoms with Crippen molar-refractivity contribution in [3.8, 4) is 27.9 Å². The molecule has 1 aliphatic rings. The second-order valence-electron chi connectivity index (χ2n) is 14.6. The first kappa shape index (κ1) is 33.4. The molecular weight excluding hydrogens is 651 g/mol. The average molecular weight is 694 g/mol. The number of fused-ring (bicyclic) bond motifs is 6. The zero-order chi connectivity index (χ0) is 36.6. The summed E-state index contributed by atoms with van der Waals surface area (Å²) in [5.41, 5.74) is 15.5. The lowest BCUT2D eigenvalue weighted by Crippen LogP contribution is -1.96. The second-order valence-corrected chi connectivity index (χ2v) is 14.6. The molecule has 1 heteroatoms. The number of allylic oxidation sites excluding steroid dienone is 4. The van der Waals surface area contributed by atoms with E-state index < -0.39 is 0 Å². The van der Waals surface area contributed by atoms with Crippen molar-refractivity contribution in [1.82, 2.24) is 4.57 Å². The predicted octanol–water partition coefficient (Wildman–Crippen LogP) is 14.9. The maximum atomic E-state index is 2.47. The zero-order valence-corrected chi connectivity index (χ0v) is 31.2. The number of hydrogen-bond donors (Lipinski definition) is 0. The van der Waals surface area contributed by atoms with Gasteiger partial charge >= 0.3 is 0 Å². The molecule has 0 bridgehead atoms. The van der Waals surface area contributed by atoms with Crippen molar-refractivity contribution in [1.29, 1.82) is 0 Å². The van der Waals surface area contributed by atoms with E-state index in [4.69, 9.17) is 0 Å². The molecular formula is C53H43N. The van der Waals surface area contributed by atoms with Crippen LogP contribution in [0.3, 0.4) is 0 Å². The monoisotopic (exact) mass is 693 g/mol. The van der Waals surface area contributed by atoms with Gasteiger partial charge in [-0.1, -0.05) is 175 Å². The van der Waals surface area contributed by atoms with E-state index in [1.54, 1.807) is 0 Å². The van der Waals surface area contributed by atoms with Crippen molar-refractivity contribution in [2.24, 2.45) is 0 Å². The molecule has 10 rings (SSSR count). The van der Waals surface area contributed by atoms with Gasteiger partial charge in [0.2, 0.25) is 0 Å². The molecule has 1 nitrogen and oxygen atoms in total. The van der Waals surface area contributed by atoms with E-state index in [2.05, 4.69) is 189 Å². The number of nitrogens with zero attached hydrogens (tertiary/aromatic N) is 1. The van der Waals surface area contributed by atoms with Crippen LogP contribution in [-0.4, -0.2) is 4.57 Å². The predicted molar refractivity (Wildman–Crippen MR) is 234 cm³/mol. The van der Waals surface area contributed by atoms with Gasteiger partial charge in [-0.2, -0.15) is 0 Å². The molecule has 54 heavy (non-hydrogen) atoms. The van der Waals surface area contributed by atoms with Gasteiger partial charge < -0.3 is 4.57 Å². The van der Waals surface area contributed by atoms with Crippen molar-refractivity contribution in [2.75, 3.05) is 0 Å². The second kappa shape index (κ2) is 14.2. The van der Waals surface area contributed by atoms with E-state index >= 15 is 0 Å². The van der Waals surface area contributed by atoms with Gasteiger partial charge in [-0.25, -0.2) is 0 Å². The van der Waals surface area contributed by atoms with Crippen LogP contribution in [0.25, 0.3) is 76.9 Å². The largest absolute Gasteiger partial charge is 0.309 e. The highest BCUT2D eigenvalue weighted by Crippen LogP contribution is 2.39. The highest BCUT2D eigenvalue weighted by atomic mass is 15.0. The van der Waals surface area contributed by atoms with Gasteiger partial charge in [0, 0.05) is 16.2 Å². The van der Waals surface area contributed by atoms with Crippen molar-refractivity contribution in [3.05, 3.63) is 204 Å². The Morgan fingerprint density at radius 3 is 1.74 bits per heavy atom. The highest BCUT2D eigenvalue weighted by molar-refractivity contribution is 6.15. The molecule has 9 aromatic rings. The van der Waals surface area contributed by atoms with Gasteiger partial charge in [0.05, 0.1) is 16.7 Å². The molecule has 0 saturated heterocycles. The van der Waals surface area contributed by atoms with Gasteiger partial charge in [0.25, 0.3) is 0 Å². The Bertz CT molecular complexity index is 2880. The normalized spacial score (nSPS) is 12.8.